The molecule has 19 heavy (non-hydrogen) atoms. The van der Waals surface area contributed by atoms with E-state index in [1.165, 1.54) is 0 Å². The molecule has 0 spiro atoms. The van der Waals surface area contributed by atoms with E-state index in [0.717, 1.165) is 6.42 Å². The summed E-state index contributed by atoms with van der Waals surface area (Å²) >= 11 is 0. The molecule has 1 atom stereocenters. The van der Waals surface area contributed by atoms with E-state index in [2.05, 4.69) is 5.32 Å². The van der Waals surface area contributed by atoms with Crippen molar-refractivity contribution in [3.8, 4) is 0 Å². The Bertz CT molecular complexity index is 402. The number of carboxylic acids is 1. The zero-order valence-electron chi connectivity index (χ0n) is 11.7. The standard InChI is InChI=1S/C12H23NO5S/c1-4-5-6-10(12(15)16)13-11(14)8-19(17,18)7-9(2)3/h9-10H,4-8H2,1-3H3,(H,13,14)(H,15,16)/t10-/m0/s1. The molecule has 0 aromatic rings. The summed E-state index contributed by atoms with van der Waals surface area (Å²) in [6.07, 6.45) is 1.78. The van der Waals surface area contributed by atoms with Crippen LogP contribution in [-0.2, 0) is 19.4 Å². The predicted molar refractivity (Wildman–Crippen MR) is 72.6 cm³/mol. The van der Waals surface area contributed by atoms with Crippen LogP contribution >= 0.6 is 0 Å². The number of hydrogen-bond acceptors (Lipinski definition) is 4. The summed E-state index contributed by atoms with van der Waals surface area (Å²) < 4.78 is 23.2. The van der Waals surface area contributed by atoms with E-state index in [-0.39, 0.29) is 11.7 Å². The van der Waals surface area contributed by atoms with E-state index in [1.54, 1.807) is 13.8 Å². The van der Waals surface area contributed by atoms with E-state index in [1.807, 2.05) is 6.92 Å². The summed E-state index contributed by atoms with van der Waals surface area (Å²) in [4.78, 5) is 22.5. The lowest BCUT2D eigenvalue weighted by Crippen LogP contribution is -2.43. The summed E-state index contributed by atoms with van der Waals surface area (Å²) in [6, 6.07) is -1.01. The zero-order chi connectivity index (χ0) is 15.1. The van der Waals surface area contributed by atoms with Crippen molar-refractivity contribution in [2.75, 3.05) is 11.5 Å². The molecule has 0 aromatic heterocycles. The highest BCUT2D eigenvalue weighted by atomic mass is 32.2. The van der Waals surface area contributed by atoms with Crippen LogP contribution in [0.25, 0.3) is 0 Å². The molecule has 0 bridgehead atoms. The molecule has 2 N–H and O–H groups in total. The second-order valence-corrected chi connectivity index (χ2v) is 7.16. The smallest absolute Gasteiger partial charge is 0.326 e. The molecule has 0 aliphatic rings. The first kappa shape index (κ1) is 17.9. The molecule has 112 valence electrons. The molecular formula is C12H23NO5S. The summed E-state index contributed by atoms with van der Waals surface area (Å²) in [5, 5.41) is 11.2. The van der Waals surface area contributed by atoms with Gasteiger partial charge in [0.15, 0.2) is 9.84 Å². The largest absolute Gasteiger partial charge is 0.480 e. The first-order valence-electron chi connectivity index (χ1n) is 6.40. The Morgan fingerprint density at radius 1 is 1.26 bits per heavy atom. The van der Waals surface area contributed by atoms with Crippen LogP contribution in [0, 0.1) is 5.92 Å². The van der Waals surface area contributed by atoms with Gasteiger partial charge in [-0.1, -0.05) is 33.6 Å². The fourth-order valence-corrected chi connectivity index (χ4v) is 3.28. The fourth-order valence-electron chi connectivity index (χ4n) is 1.67. The molecule has 0 heterocycles. The third kappa shape index (κ3) is 8.58. The Labute approximate surface area is 114 Å². The highest BCUT2D eigenvalue weighted by Gasteiger charge is 2.23. The first-order chi connectivity index (χ1) is 8.68. The van der Waals surface area contributed by atoms with Gasteiger partial charge in [0, 0.05) is 0 Å². The number of rotatable bonds is 9. The average molecular weight is 293 g/mol. The number of unbranched alkanes of at least 4 members (excludes halogenated alkanes) is 1. The summed E-state index contributed by atoms with van der Waals surface area (Å²) in [5.41, 5.74) is 0. The Balaban J connectivity index is 4.45. The molecule has 0 aromatic carbocycles. The van der Waals surface area contributed by atoms with E-state index in [4.69, 9.17) is 5.11 Å². The molecule has 6 nitrogen and oxygen atoms in total. The molecule has 0 rings (SSSR count). The summed E-state index contributed by atoms with van der Waals surface area (Å²) in [7, 11) is -3.48. The fraction of sp³-hybridized carbons (Fsp3) is 0.833. The molecule has 0 radical (unpaired) electrons. The molecule has 7 heteroatoms. The van der Waals surface area contributed by atoms with Crippen LogP contribution < -0.4 is 5.32 Å². The van der Waals surface area contributed by atoms with Crippen LogP contribution in [0.5, 0.6) is 0 Å². The van der Waals surface area contributed by atoms with E-state index >= 15 is 0 Å². The molecule has 0 unspecified atom stereocenters. The van der Waals surface area contributed by atoms with Crippen LogP contribution in [0.3, 0.4) is 0 Å². The van der Waals surface area contributed by atoms with E-state index in [9.17, 15) is 18.0 Å². The van der Waals surface area contributed by atoms with Gasteiger partial charge >= 0.3 is 5.97 Å². The predicted octanol–water partition coefficient (Wildman–Crippen LogP) is 0.817. The van der Waals surface area contributed by atoms with Crippen molar-refractivity contribution in [3.63, 3.8) is 0 Å². The highest BCUT2D eigenvalue weighted by molar-refractivity contribution is 7.92. The van der Waals surface area contributed by atoms with Crippen molar-refractivity contribution in [1.82, 2.24) is 5.32 Å². The number of carboxylic acid groups (broad SMARTS) is 1. The van der Waals surface area contributed by atoms with Gasteiger partial charge in [-0.3, -0.25) is 4.79 Å². The summed E-state index contributed by atoms with van der Waals surface area (Å²) in [6.45, 7) is 5.40. The van der Waals surface area contributed by atoms with Gasteiger partial charge in [0.05, 0.1) is 5.75 Å². The monoisotopic (exact) mass is 293 g/mol. The van der Waals surface area contributed by atoms with Gasteiger partial charge < -0.3 is 10.4 Å². The molecule has 1 amide bonds. The average Bonchev–Trinajstić information content (AvgIpc) is 2.20. The zero-order valence-corrected chi connectivity index (χ0v) is 12.5. The number of amides is 1. The van der Waals surface area contributed by atoms with Crippen LogP contribution in [-0.4, -0.2) is 42.9 Å². The quantitative estimate of drug-likeness (QED) is 0.655. The Morgan fingerprint density at radius 2 is 1.84 bits per heavy atom. The van der Waals surface area contributed by atoms with Crippen molar-refractivity contribution in [3.05, 3.63) is 0 Å². The molecular weight excluding hydrogens is 270 g/mol. The third-order valence-electron chi connectivity index (χ3n) is 2.42. The van der Waals surface area contributed by atoms with Gasteiger partial charge in [0.25, 0.3) is 0 Å². The van der Waals surface area contributed by atoms with E-state index < -0.39 is 33.5 Å². The second-order valence-electron chi connectivity index (χ2n) is 5.05. The maximum Gasteiger partial charge on any atom is 0.326 e. The van der Waals surface area contributed by atoms with Gasteiger partial charge in [-0.25, -0.2) is 13.2 Å². The number of hydrogen-bond donors (Lipinski definition) is 2. The molecule has 0 aliphatic carbocycles. The van der Waals surface area contributed by atoms with Crippen molar-refractivity contribution < 1.29 is 23.1 Å². The van der Waals surface area contributed by atoms with Crippen LogP contribution in [0.1, 0.15) is 40.0 Å². The maximum atomic E-state index is 11.6. The van der Waals surface area contributed by atoms with Crippen LogP contribution in [0.15, 0.2) is 0 Å². The molecule has 0 fully saturated rings. The SMILES string of the molecule is CCCC[C@H](NC(=O)CS(=O)(=O)CC(C)C)C(=O)O. The number of sulfone groups is 1. The number of carbonyl (C=O) groups excluding carboxylic acids is 1. The Kier molecular flexibility index (Phi) is 7.66. The molecule has 0 saturated carbocycles. The van der Waals surface area contributed by atoms with E-state index in [0.29, 0.717) is 12.8 Å². The minimum atomic E-state index is -3.48. The van der Waals surface area contributed by atoms with Crippen molar-refractivity contribution in [2.24, 2.45) is 5.92 Å². The Hall–Kier alpha value is -1.11. The number of carbonyl (C=O) groups is 2. The normalized spacial score (nSPS) is 13.3. The van der Waals surface area contributed by atoms with Gasteiger partial charge in [0.1, 0.15) is 11.8 Å². The number of aliphatic carboxylic acids is 1. The van der Waals surface area contributed by atoms with Gasteiger partial charge in [0.2, 0.25) is 5.91 Å². The summed E-state index contributed by atoms with van der Waals surface area (Å²) in [5.74, 6) is -2.67. The lowest BCUT2D eigenvalue weighted by Gasteiger charge is -2.14. The maximum absolute atomic E-state index is 11.6. The second kappa shape index (κ2) is 8.14. The lowest BCUT2D eigenvalue weighted by molar-refractivity contribution is -0.141. The molecule has 0 aliphatic heterocycles. The van der Waals surface area contributed by atoms with Crippen molar-refractivity contribution in [2.45, 2.75) is 46.1 Å². The van der Waals surface area contributed by atoms with Gasteiger partial charge in [-0.05, 0) is 12.3 Å². The Morgan fingerprint density at radius 3 is 2.26 bits per heavy atom. The van der Waals surface area contributed by atoms with Crippen LogP contribution in [0.2, 0.25) is 0 Å². The minimum absolute atomic E-state index is 0.0619. The minimum Gasteiger partial charge on any atom is -0.480 e. The van der Waals surface area contributed by atoms with Gasteiger partial charge in [-0.2, -0.15) is 0 Å². The topological polar surface area (TPSA) is 101 Å². The highest BCUT2D eigenvalue weighted by Crippen LogP contribution is 2.03. The van der Waals surface area contributed by atoms with Crippen LogP contribution in [0.4, 0.5) is 0 Å². The first-order valence-corrected chi connectivity index (χ1v) is 8.22. The van der Waals surface area contributed by atoms with Crippen molar-refractivity contribution in [1.29, 1.82) is 0 Å². The lowest BCUT2D eigenvalue weighted by atomic mass is 10.1. The third-order valence-corrected chi connectivity index (χ3v) is 4.29. The number of nitrogens with one attached hydrogen (secondary N) is 1. The molecule has 0 saturated heterocycles. The van der Waals surface area contributed by atoms with Gasteiger partial charge in [-0.15, -0.1) is 0 Å². The van der Waals surface area contributed by atoms with Crippen molar-refractivity contribution >= 4 is 21.7 Å².